The Labute approximate surface area is 345 Å². The van der Waals surface area contributed by atoms with Crippen LogP contribution in [0.2, 0.25) is 0 Å². The third kappa shape index (κ3) is 21.1. The average molecular weight is 825 g/mol. The number of esters is 1. The van der Waals surface area contributed by atoms with Crippen molar-refractivity contribution < 1.29 is 69.0 Å². The van der Waals surface area contributed by atoms with Crippen LogP contribution in [0.15, 0.2) is 72.9 Å². The lowest BCUT2D eigenvalue weighted by Crippen LogP contribution is -2.61. The molecular formula is C44H72O14. The number of rotatable bonds is 30. The minimum absolute atomic E-state index is 0.0160. The Morgan fingerprint density at radius 1 is 0.586 bits per heavy atom. The van der Waals surface area contributed by atoms with Gasteiger partial charge in [0.15, 0.2) is 12.6 Å². The predicted molar refractivity (Wildman–Crippen MR) is 219 cm³/mol. The number of aliphatic hydroxyl groups excluding tert-OH is 7. The summed E-state index contributed by atoms with van der Waals surface area (Å²) in [5, 5.41) is 71.5. The molecular weight excluding hydrogens is 752 g/mol. The SMILES string of the molecule is CC/C=C\C/C=C\C/C=C\C/C=C\C/C=C\C/C=C\CCCOCC(COC1OC(COC2OC(CO)C(O)C(O)C2O)C(O)C(O)C1O)OC(=O)CCCCCC. The summed E-state index contributed by atoms with van der Waals surface area (Å²) < 4.78 is 33.7. The molecule has 0 aromatic heterocycles. The van der Waals surface area contributed by atoms with E-state index in [1.807, 2.05) is 0 Å². The summed E-state index contributed by atoms with van der Waals surface area (Å²) in [5.74, 6) is -0.419. The van der Waals surface area contributed by atoms with Gasteiger partial charge in [0.1, 0.15) is 54.9 Å². The summed E-state index contributed by atoms with van der Waals surface area (Å²) in [6, 6.07) is 0. The molecule has 0 amide bonds. The first-order valence-electron chi connectivity index (χ1n) is 21.0. The summed E-state index contributed by atoms with van der Waals surface area (Å²) >= 11 is 0. The van der Waals surface area contributed by atoms with Gasteiger partial charge in [-0.3, -0.25) is 4.79 Å². The molecule has 332 valence electrons. The molecule has 11 unspecified atom stereocenters. The monoisotopic (exact) mass is 824 g/mol. The maximum Gasteiger partial charge on any atom is 0.306 e. The molecule has 0 saturated carbocycles. The first kappa shape index (κ1) is 51.6. The van der Waals surface area contributed by atoms with E-state index in [1.165, 1.54) is 0 Å². The van der Waals surface area contributed by atoms with E-state index >= 15 is 0 Å². The van der Waals surface area contributed by atoms with Crippen LogP contribution in [0.4, 0.5) is 0 Å². The van der Waals surface area contributed by atoms with Crippen molar-refractivity contribution in [1.82, 2.24) is 0 Å². The molecule has 58 heavy (non-hydrogen) atoms. The van der Waals surface area contributed by atoms with Gasteiger partial charge in [-0.15, -0.1) is 0 Å². The second kappa shape index (κ2) is 32.2. The van der Waals surface area contributed by atoms with Crippen molar-refractivity contribution in [2.75, 3.05) is 33.0 Å². The molecule has 2 fully saturated rings. The number of allylic oxidation sites excluding steroid dienone is 12. The zero-order valence-electron chi connectivity index (χ0n) is 34.5. The molecule has 0 aromatic carbocycles. The van der Waals surface area contributed by atoms with Gasteiger partial charge in [-0.25, -0.2) is 0 Å². The van der Waals surface area contributed by atoms with Crippen LogP contribution in [0.3, 0.4) is 0 Å². The molecule has 14 nitrogen and oxygen atoms in total. The van der Waals surface area contributed by atoms with E-state index in [9.17, 15) is 40.5 Å². The van der Waals surface area contributed by atoms with Crippen molar-refractivity contribution in [3.8, 4) is 0 Å². The van der Waals surface area contributed by atoms with E-state index in [-0.39, 0.29) is 19.6 Å². The van der Waals surface area contributed by atoms with Gasteiger partial charge < -0.3 is 64.2 Å². The molecule has 0 bridgehead atoms. The molecule has 2 rings (SSSR count). The van der Waals surface area contributed by atoms with Gasteiger partial charge in [0.2, 0.25) is 0 Å². The lowest BCUT2D eigenvalue weighted by molar-refractivity contribution is -0.332. The quantitative estimate of drug-likeness (QED) is 0.0310. The van der Waals surface area contributed by atoms with Crippen LogP contribution in [0.1, 0.15) is 97.3 Å². The maximum atomic E-state index is 12.6. The van der Waals surface area contributed by atoms with Crippen LogP contribution in [0.5, 0.6) is 0 Å². The first-order valence-corrected chi connectivity index (χ1v) is 21.0. The Kier molecular flexibility index (Phi) is 28.7. The van der Waals surface area contributed by atoms with Crippen LogP contribution in [-0.2, 0) is 33.2 Å². The largest absolute Gasteiger partial charge is 0.457 e. The predicted octanol–water partition coefficient (Wildman–Crippen LogP) is 4.00. The molecule has 0 aliphatic carbocycles. The van der Waals surface area contributed by atoms with E-state index in [1.54, 1.807) is 0 Å². The van der Waals surface area contributed by atoms with E-state index in [0.29, 0.717) is 13.0 Å². The summed E-state index contributed by atoms with van der Waals surface area (Å²) in [4.78, 5) is 12.6. The molecule has 11 atom stereocenters. The summed E-state index contributed by atoms with van der Waals surface area (Å²) in [5.41, 5.74) is 0. The third-order valence-electron chi connectivity index (χ3n) is 9.48. The first-order chi connectivity index (χ1) is 28.1. The molecule has 0 radical (unpaired) electrons. The second-order valence-electron chi connectivity index (χ2n) is 14.4. The topological polar surface area (TPSA) is 214 Å². The summed E-state index contributed by atoms with van der Waals surface area (Å²) in [7, 11) is 0. The number of aliphatic hydroxyl groups is 7. The van der Waals surface area contributed by atoms with Crippen molar-refractivity contribution >= 4 is 5.97 Å². The minimum Gasteiger partial charge on any atom is -0.457 e. The van der Waals surface area contributed by atoms with E-state index < -0.39 is 86.7 Å². The number of ether oxygens (including phenoxy) is 6. The molecule has 0 spiro atoms. The lowest BCUT2D eigenvalue weighted by atomic mass is 9.98. The van der Waals surface area contributed by atoms with Crippen LogP contribution in [-0.4, -0.2) is 142 Å². The molecule has 2 aliphatic heterocycles. The van der Waals surface area contributed by atoms with Crippen LogP contribution >= 0.6 is 0 Å². The minimum atomic E-state index is -1.72. The fourth-order valence-corrected chi connectivity index (χ4v) is 6.00. The molecule has 0 aromatic rings. The van der Waals surface area contributed by atoms with Crippen molar-refractivity contribution in [2.45, 2.75) is 165 Å². The fourth-order valence-electron chi connectivity index (χ4n) is 6.00. The Bertz CT molecular complexity index is 1230. The number of carbonyl (C=O) groups is 1. The zero-order valence-corrected chi connectivity index (χ0v) is 34.5. The van der Waals surface area contributed by atoms with Gasteiger partial charge in [0.05, 0.1) is 26.4 Å². The molecule has 7 N–H and O–H groups in total. The number of hydrogen-bond acceptors (Lipinski definition) is 14. The maximum absolute atomic E-state index is 12.6. The molecule has 2 aliphatic rings. The highest BCUT2D eigenvalue weighted by atomic mass is 16.7. The Morgan fingerprint density at radius 2 is 1.10 bits per heavy atom. The van der Waals surface area contributed by atoms with Crippen LogP contribution in [0.25, 0.3) is 0 Å². The van der Waals surface area contributed by atoms with Gasteiger partial charge in [-0.1, -0.05) is 106 Å². The van der Waals surface area contributed by atoms with Crippen LogP contribution < -0.4 is 0 Å². The second-order valence-corrected chi connectivity index (χ2v) is 14.4. The van der Waals surface area contributed by atoms with Gasteiger partial charge in [-0.05, 0) is 57.8 Å². The van der Waals surface area contributed by atoms with Gasteiger partial charge in [0, 0.05) is 13.0 Å². The average Bonchev–Trinajstić information content (AvgIpc) is 3.22. The highest BCUT2D eigenvalue weighted by Crippen LogP contribution is 2.26. The Hall–Kier alpha value is -2.57. The van der Waals surface area contributed by atoms with Crippen molar-refractivity contribution in [2.24, 2.45) is 0 Å². The lowest BCUT2D eigenvalue weighted by Gasteiger charge is -2.42. The van der Waals surface area contributed by atoms with Crippen LogP contribution in [0, 0.1) is 0 Å². The van der Waals surface area contributed by atoms with Gasteiger partial charge in [-0.2, -0.15) is 0 Å². The normalized spacial score (nSPS) is 29.0. The smallest absolute Gasteiger partial charge is 0.306 e. The highest BCUT2D eigenvalue weighted by molar-refractivity contribution is 5.69. The van der Waals surface area contributed by atoms with Crippen molar-refractivity contribution in [1.29, 1.82) is 0 Å². The van der Waals surface area contributed by atoms with E-state index in [2.05, 4.69) is 86.8 Å². The molecule has 14 heteroatoms. The zero-order chi connectivity index (χ0) is 42.4. The number of hydrogen-bond donors (Lipinski definition) is 7. The van der Waals surface area contributed by atoms with Crippen molar-refractivity contribution in [3.05, 3.63) is 72.9 Å². The van der Waals surface area contributed by atoms with Gasteiger partial charge in [0.25, 0.3) is 0 Å². The third-order valence-corrected chi connectivity index (χ3v) is 9.48. The summed E-state index contributed by atoms with van der Waals surface area (Å²) in [6.07, 6.45) is 20.7. The standard InChI is InChI=1S/C44H72O14/c1-3-5-7-9-10-11-12-13-14-15-16-17-18-19-20-21-22-23-24-26-28-53-30-33(56-36(46)27-25-8-6-4-2)31-54-43-42(52)40(50)38(48)35(58-43)32-55-44-41(51)39(49)37(47)34(29-45)57-44/h5,7,10-11,13-14,16-17,19-20,22-23,33-35,37-45,47-52H,3-4,6,8-9,12,15,18,21,24-32H2,1-2H3/b7-5-,11-10-,14-13-,17-16-,20-19-,23-22-. The van der Waals surface area contributed by atoms with E-state index in [0.717, 1.165) is 70.6 Å². The fraction of sp³-hybridized carbons (Fsp3) is 0.705. The van der Waals surface area contributed by atoms with E-state index in [4.69, 9.17) is 28.4 Å². The Balaban J connectivity index is 1.77. The number of unbranched alkanes of at least 4 members (excludes halogenated alkanes) is 4. The number of carbonyl (C=O) groups excluding carboxylic acids is 1. The van der Waals surface area contributed by atoms with Gasteiger partial charge >= 0.3 is 5.97 Å². The molecule has 2 saturated heterocycles. The van der Waals surface area contributed by atoms with Crippen molar-refractivity contribution in [3.63, 3.8) is 0 Å². The summed E-state index contributed by atoms with van der Waals surface area (Å²) in [6.45, 7) is 3.23. The highest BCUT2D eigenvalue weighted by Gasteiger charge is 2.47. The Morgan fingerprint density at radius 3 is 1.66 bits per heavy atom. The molecule has 2 heterocycles.